The van der Waals surface area contributed by atoms with Crippen LogP contribution in [0.4, 0.5) is 0 Å². The molecular weight excluding hydrogens is 170 g/mol. The Kier molecular flexibility index (Phi) is 6.99. The molecule has 0 bridgehead atoms. The molecule has 0 fully saturated rings. The minimum Gasteiger partial charge on any atom is -0.328 e. The van der Waals surface area contributed by atoms with E-state index in [0.29, 0.717) is 0 Å². The van der Waals surface area contributed by atoms with Crippen LogP contribution < -0.4 is 0 Å². The van der Waals surface area contributed by atoms with Crippen LogP contribution in [0.5, 0.6) is 0 Å². The first kappa shape index (κ1) is 8.87. The van der Waals surface area contributed by atoms with Crippen LogP contribution >= 0.6 is 0 Å². The topological polar surface area (TPSA) is 63.4 Å². The molecule has 0 aromatic carbocycles. The van der Waals surface area contributed by atoms with Gasteiger partial charge in [-0.05, 0) is 0 Å². The van der Waals surface area contributed by atoms with Crippen LogP contribution in [0.1, 0.15) is 0 Å². The van der Waals surface area contributed by atoms with Gasteiger partial charge in [0.25, 0.3) is 5.09 Å². The number of hydrogen-bond donors (Lipinski definition) is 1. The fraction of sp³-hybridized carbons (Fsp3) is 0. The van der Waals surface area contributed by atoms with E-state index in [-0.39, 0.29) is 22.4 Å². The Bertz CT molecular complexity index is 29.9. The van der Waals surface area contributed by atoms with Crippen molar-refractivity contribution in [3.63, 3.8) is 0 Å². The van der Waals surface area contributed by atoms with E-state index in [1.165, 1.54) is 0 Å². The normalized spacial score (nSPS) is 4.80. The second-order valence-electron chi connectivity index (χ2n) is 0.238. The molecule has 0 aliphatic heterocycles. The zero-order chi connectivity index (χ0) is 3.58. The van der Waals surface area contributed by atoms with Gasteiger partial charge >= 0.3 is 0 Å². The van der Waals surface area contributed by atoms with E-state index in [9.17, 15) is 0 Å². The maximum absolute atomic E-state index is 8.36. The number of hydrogen-bond acceptors (Lipinski definition) is 2. The monoisotopic (exact) mass is 170 g/mol. The molecule has 0 aromatic heterocycles. The van der Waals surface area contributed by atoms with Crippen molar-refractivity contribution in [1.82, 2.24) is 0 Å². The Morgan fingerprint density at radius 3 is 1.80 bits per heavy atom. The van der Waals surface area contributed by atoms with Crippen LogP contribution in [0.25, 0.3) is 0 Å². The Morgan fingerprint density at radius 1 is 1.80 bits per heavy atom. The first-order valence-corrected chi connectivity index (χ1v) is 0.565. The molecule has 0 saturated carbocycles. The molecule has 0 heterocycles. The van der Waals surface area contributed by atoms with E-state index in [4.69, 9.17) is 15.3 Å². The summed E-state index contributed by atoms with van der Waals surface area (Å²) in [5, 5.41) is 13.6. The SMILES string of the molecule is O=[N+]([O-])O.[Ag]. The standard InChI is InChI=1S/Ag.HNO3/c;2-1(3)4/h;(H,2,3,4). The summed E-state index contributed by atoms with van der Waals surface area (Å²) in [6.45, 7) is 0. The Morgan fingerprint density at radius 2 is 1.80 bits per heavy atom. The fourth-order valence-electron chi connectivity index (χ4n) is 0. The molecule has 0 unspecified atom stereocenters. The van der Waals surface area contributed by atoms with Crippen molar-refractivity contribution in [2.75, 3.05) is 0 Å². The zero-order valence-electron chi connectivity index (χ0n) is 2.01. The molecule has 0 aliphatic rings. The minimum atomic E-state index is -1.50. The average Bonchev–Trinajstić information content (AvgIpc) is 0.811. The molecule has 4 nitrogen and oxygen atoms in total. The maximum Gasteiger partial charge on any atom is 0.291 e. The molecule has 0 spiro atoms. The van der Waals surface area contributed by atoms with Crippen LogP contribution in [-0.2, 0) is 22.4 Å². The van der Waals surface area contributed by atoms with Crippen molar-refractivity contribution in [2.45, 2.75) is 0 Å². The smallest absolute Gasteiger partial charge is 0.291 e. The molecule has 5 heavy (non-hydrogen) atoms. The Hall–Kier alpha value is -0.0597. The van der Waals surface area contributed by atoms with E-state index in [0.717, 1.165) is 0 Å². The molecular formula is HAgNO3. The van der Waals surface area contributed by atoms with Gasteiger partial charge in [-0.3, -0.25) is 0 Å². The van der Waals surface area contributed by atoms with Gasteiger partial charge in [-0.15, -0.1) is 10.1 Å². The first-order chi connectivity index (χ1) is 1.73. The van der Waals surface area contributed by atoms with Crippen molar-refractivity contribution in [3.8, 4) is 0 Å². The summed E-state index contributed by atoms with van der Waals surface area (Å²) in [6, 6.07) is 0. The quantitative estimate of drug-likeness (QED) is 0.307. The molecule has 0 aromatic rings. The predicted octanol–water partition coefficient (Wildman–Crippen LogP) is -0.350. The van der Waals surface area contributed by atoms with Crippen LogP contribution in [0.3, 0.4) is 0 Å². The number of rotatable bonds is 0. The molecule has 0 rings (SSSR count). The Balaban J connectivity index is 0. The molecule has 0 atom stereocenters. The van der Waals surface area contributed by atoms with Crippen LogP contribution in [0.2, 0.25) is 0 Å². The van der Waals surface area contributed by atoms with E-state index in [1.807, 2.05) is 0 Å². The average molecular weight is 171 g/mol. The minimum absolute atomic E-state index is 0. The summed E-state index contributed by atoms with van der Waals surface area (Å²) >= 11 is 0. The molecule has 1 N–H and O–H groups in total. The molecule has 35 valence electrons. The van der Waals surface area contributed by atoms with Gasteiger partial charge in [-0.1, -0.05) is 0 Å². The number of nitrogens with zero attached hydrogens (tertiary/aromatic N) is 1. The van der Waals surface area contributed by atoms with Gasteiger partial charge < -0.3 is 5.21 Å². The third-order valence-corrected chi connectivity index (χ3v) is 0. The second-order valence-corrected chi connectivity index (χ2v) is 0.238. The summed E-state index contributed by atoms with van der Waals surface area (Å²) < 4.78 is 0. The second kappa shape index (κ2) is 3.94. The fourth-order valence-corrected chi connectivity index (χ4v) is 0. The van der Waals surface area contributed by atoms with Gasteiger partial charge in [0.2, 0.25) is 0 Å². The van der Waals surface area contributed by atoms with E-state index in [1.54, 1.807) is 0 Å². The van der Waals surface area contributed by atoms with Crippen molar-refractivity contribution >= 4 is 0 Å². The van der Waals surface area contributed by atoms with Crippen LogP contribution in [0.15, 0.2) is 0 Å². The van der Waals surface area contributed by atoms with Crippen molar-refractivity contribution < 1.29 is 32.7 Å². The van der Waals surface area contributed by atoms with Gasteiger partial charge in [-0.25, -0.2) is 0 Å². The van der Waals surface area contributed by atoms with Crippen LogP contribution in [0, 0.1) is 10.1 Å². The first-order valence-electron chi connectivity index (χ1n) is 0.565. The summed E-state index contributed by atoms with van der Waals surface area (Å²) in [5.74, 6) is 0. The summed E-state index contributed by atoms with van der Waals surface area (Å²) in [7, 11) is 0. The van der Waals surface area contributed by atoms with Gasteiger partial charge in [0.1, 0.15) is 0 Å². The summed E-state index contributed by atoms with van der Waals surface area (Å²) in [4.78, 5) is 8.36. The summed E-state index contributed by atoms with van der Waals surface area (Å²) in [5.41, 5.74) is 0. The molecule has 1 radical (unpaired) electrons. The maximum atomic E-state index is 8.36. The predicted molar refractivity (Wildman–Crippen MR) is 8.78 cm³/mol. The molecule has 0 amide bonds. The van der Waals surface area contributed by atoms with E-state index in [2.05, 4.69) is 0 Å². The largest absolute Gasteiger partial charge is 0.328 e. The third kappa shape index (κ3) is 4160. The van der Waals surface area contributed by atoms with Crippen molar-refractivity contribution in [2.24, 2.45) is 0 Å². The van der Waals surface area contributed by atoms with E-state index < -0.39 is 5.09 Å². The van der Waals surface area contributed by atoms with Gasteiger partial charge in [0.05, 0.1) is 0 Å². The van der Waals surface area contributed by atoms with E-state index >= 15 is 0 Å². The zero-order valence-corrected chi connectivity index (χ0v) is 3.49. The van der Waals surface area contributed by atoms with Gasteiger partial charge in [0.15, 0.2) is 0 Å². The van der Waals surface area contributed by atoms with Crippen LogP contribution in [-0.4, -0.2) is 10.3 Å². The third-order valence-electron chi connectivity index (χ3n) is 0. The molecule has 0 aliphatic carbocycles. The van der Waals surface area contributed by atoms with Gasteiger partial charge in [0, 0.05) is 22.4 Å². The van der Waals surface area contributed by atoms with Crippen molar-refractivity contribution in [3.05, 3.63) is 10.1 Å². The molecule has 0 saturated heterocycles. The van der Waals surface area contributed by atoms with Crippen molar-refractivity contribution in [1.29, 1.82) is 0 Å². The Labute approximate surface area is 43.4 Å². The summed E-state index contributed by atoms with van der Waals surface area (Å²) in [6.07, 6.45) is 0. The molecule has 5 heteroatoms. The van der Waals surface area contributed by atoms with Gasteiger partial charge in [-0.2, -0.15) is 0 Å².